The number of anilines is 7. The summed E-state index contributed by atoms with van der Waals surface area (Å²) in [5, 5.41) is 49.3. The molecule has 9 heterocycles. The number of nitrogen functional groups attached to an aromatic ring is 1. The zero-order valence-electron chi connectivity index (χ0n) is 77.9. The summed E-state index contributed by atoms with van der Waals surface area (Å²) in [6.45, 7) is 12.1. The number of rotatable bonds is 27. The van der Waals surface area contributed by atoms with Gasteiger partial charge < -0.3 is 66.9 Å². The van der Waals surface area contributed by atoms with Crippen LogP contribution in [0.5, 0.6) is 0 Å². The Morgan fingerprint density at radius 3 is 0.985 bits per heavy atom. The first-order valence-electron chi connectivity index (χ1n) is 44.5. The second-order valence-electron chi connectivity index (χ2n) is 34.4. The van der Waals surface area contributed by atoms with E-state index in [0.29, 0.717) is 56.3 Å². The van der Waals surface area contributed by atoms with E-state index in [0.717, 1.165) is 189 Å². The number of nitrogens with zero attached hydrogens (tertiary/aromatic N) is 14. The third kappa shape index (κ3) is 26.2. The van der Waals surface area contributed by atoms with Crippen LogP contribution in [-0.2, 0) is 42.3 Å². The zero-order chi connectivity index (χ0) is 95.2. The summed E-state index contributed by atoms with van der Waals surface area (Å²) < 4.78 is 4.83. The highest BCUT2D eigenvalue weighted by molar-refractivity contribution is 6.15. The Bertz CT molecular complexity index is 6660. The van der Waals surface area contributed by atoms with Crippen LogP contribution in [0.1, 0.15) is 103 Å². The molecule has 32 nitrogen and oxygen atoms in total. The van der Waals surface area contributed by atoms with Crippen LogP contribution >= 0.6 is 0 Å². The molecular formula is C103H113N25O7. The van der Waals surface area contributed by atoms with Gasteiger partial charge in [-0.3, -0.25) is 69.2 Å². The molecule has 8 aromatic carbocycles. The fraction of sp³-hybridized carbons (Fsp3) is 0.243. The number of carbonyl (C=O) groups is 6. The average molecular weight is 1810 g/mol. The van der Waals surface area contributed by atoms with E-state index in [1.54, 1.807) is 51.3 Å². The predicted octanol–water partition coefficient (Wildman–Crippen LogP) is 17.0. The number of likely N-dealkylation sites (tertiary alicyclic amines) is 1. The molecule has 1 saturated heterocycles. The van der Waals surface area contributed by atoms with Crippen LogP contribution in [0.4, 0.5) is 44.6 Å². The largest absolute Gasteiger partial charge is 0.397 e. The number of carbonyl (C=O) groups excluding carboxylic acids is 6. The molecule has 0 spiro atoms. The van der Waals surface area contributed by atoms with Crippen molar-refractivity contribution < 1.29 is 33.5 Å². The van der Waals surface area contributed by atoms with Crippen molar-refractivity contribution in [3.05, 3.63) is 294 Å². The maximum absolute atomic E-state index is 13.1. The van der Waals surface area contributed by atoms with E-state index in [1.807, 2.05) is 265 Å². The summed E-state index contributed by atoms with van der Waals surface area (Å²) in [5.74, 6) is -0.913. The highest BCUT2D eigenvalue weighted by atomic mass is 16.5. The number of nitrogens with one attached hydrogen (secondary N) is 10. The van der Waals surface area contributed by atoms with Gasteiger partial charge in [-0.1, -0.05) is 72.8 Å². The van der Waals surface area contributed by atoms with E-state index < -0.39 is 0 Å². The van der Waals surface area contributed by atoms with Gasteiger partial charge in [-0.2, -0.15) is 20.4 Å². The summed E-state index contributed by atoms with van der Waals surface area (Å²) in [6, 6.07) is 62.0. The number of pyridine rings is 4. The summed E-state index contributed by atoms with van der Waals surface area (Å²) in [7, 11) is 19.4. The number of nitrogens with two attached hydrogens (primary N) is 1. The van der Waals surface area contributed by atoms with Crippen molar-refractivity contribution >= 4 is 119 Å². The fourth-order valence-corrected chi connectivity index (χ4v) is 15.2. The molecule has 0 radical (unpaired) electrons. The second kappa shape index (κ2) is 45.0. The minimum Gasteiger partial charge on any atom is -0.397 e. The fourth-order valence-electron chi connectivity index (χ4n) is 15.2. The summed E-state index contributed by atoms with van der Waals surface area (Å²) in [5.41, 5.74) is 28.0. The molecule has 2 fully saturated rings. The highest BCUT2D eigenvalue weighted by Crippen LogP contribution is 2.35. The number of aromatic amines is 4. The van der Waals surface area contributed by atoms with Crippen molar-refractivity contribution in [2.24, 2.45) is 5.92 Å². The molecule has 1 saturated carbocycles. The lowest BCUT2D eigenvalue weighted by Crippen LogP contribution is -2.36. The number of aromatic nitrogens is 12. The molecule has 12 N–H and O–H groups in total. The van der Waals surface area contributed by atoms with Crippen molar-refractivity contribution in [2.45, 2.75) is 65.8 Å². The van der Waals surface area contributed by atoms with Crippen molar-refractivity contribution in [1.29, 1.82) is 0 Å². The SMILES string of the molecule is CCOCC.CN(C)Cc1cccc(NC(=O)c2n[nH]c3ccc(-c4cncc(CN5CCC5)c4)cc23)c1.CN(C)Cc1cccc(NC(=O)c2n[nH]c3ccc(-c4cncc(N)c4)cc23)c1.CN(C)Cc1cccc(NC(=O)c2n[nH]c3ccc(-c4cncc(NC(=O)C5CC5)c4)cc23)c1.CN(C)Cc1cccc(NC(=O)c2n[nH]c3ccc(-c4cncc(NC(=O)N(C)C)c4)cc23)c1. The van der Waals surface area contributed by atoms with Gasteiger partial charge in [-0.25, -0.2) is 4.79 Å². The van der Waals surface area contributed by atoms with E-state index in [1.165, 1.54) is 16.9 Å². The third-order valence-electron chi connectivity index (χ3n) is 21.8. The number of hydrogen-bond acceptors (Lipinski definition) is 21. The molecule has 692 valence electrons. The molecule has 1 aliphatic heterocycles. The Kier molecular flexibility index (Phi) is 31.9. The van der Waals surface area contributed by atoms with Gasteiger partial charge in [0, 0.05) is 170 Å². The van der Waals surface area contributed by atoms with Crippen molar-refractivity contribution in [3.63, 3.8) is 0 Å². The minimum absolute atomic E-state index is 0.0397. The van der Waals surface area contributed by atoms with Crippen LogP contribution < -0.4 is 37.6 Å². The molecule has 7 amide bonds. The Balaban J connectivity index is 0.000000142. The van der Waals surface area contributed by atoms with E-state index in [-0.39, 0.29) is 41.5 Å². The predicted molar refractivity (Wildman–Crippen MR) is 535 cm³/mol. The standard InChI is InChI=1S/C26H26N6O2.C26H28N6O.C25H27N7O2.C22H22N6O.C4H10O/c1-32(2)15-16-4-3-5-20(10-16)28-26(34)24-22-12-18(8-9-23(22)30-31-24)19-11-21(14-27-13-19)29-25(33)17-6-7-17;1-31(2)16-18-5-3-6-22(12-18)28-26(33)25-23-13-20(7-8-24(23)29-30-25)21-11-19(14-27-15-21)17-32-9-4-10-32;1-31(2)15-16-6-5-7-19(10-16)27-24(33)23-21-12-17(8-9-22(21)29-30-23)18-11-20(14-26-13-18)28-25(34)32(3)4;1-28(2)13-14-4-3-5-18(8-14)25-22(29)21-19-10-15(6-7-20(19)26-27-21)16-9-17(23)12-24-11-16;1-3-5-4-2/h3-5,8-14,17H,6-7,15H2,1-2H3,(H,28,34)(H,29,33)(H,30,31);3,5-8,11-15H,4,9-10,16-17H2,1-2H3,(H,28,33)(H,29,30);5-14H,15H2,1-4H3,(H,27,33)(H,28,34)(H,29,30);3-12H,13,23H2,1-2H3,(H,25,29)(H,26,27);3-4H2,1-2H3. The van der Waals surface area contributed by atoms with Gasteiger partial charge in [0.1, 0.15) is 0 Å². The van der Waals surface area contributed by atoms with Gasteiger partial charge in [0.15, 0.2) is 22.8 Å². The number of benzene rings is 8. The van der Waals surface area contributed by atoms with E-state index in [2.05, 4.69) is 129 Å². The van der Waals surface area contributed by atoms with Crippen molar-refractivity contribution in [2.75, 3.05) is 134 Å². The van der Waals surface area contributed by atoms with Crippen molar-refractivity contribution in [3.8, 4) is 44.5 Å². The topological polar surface area (TPSA) is 396 Å². The van der Waals surface area contributed by atoms with Gasteiger partial charge in [0.25, 0.3) is 23.6 Å². The Labute approximate surface area is 783 Å². The molecule has 2 aliphatic rings. The first-order valence-corrected chi connectivity index (χ1v) is 44.5. The molecule has 8 aromatic heterocycles. The molecule has 18 rings (SSSR count). The second-order valence-corrected chi connectivity index (χ2v) is 34.4. The summed E-state index contributed by atoms with van der Waals surface area (Å²) >= 11 is 0. The first kappa shape index (κ1) is 95.5. The van der Waals surface area contributed by atoms with Crippen LogP contribution in [0.15, 0.2) is 244 Å². The van der Waals surface area contributed by atoms with Crippen LogP contribution in [-0.4, -0.2) is 222 Å². The van der Waals surface area contributed by atoms with E-state index >= 15 is 0 Å². The van der Waals surface area contributed by atoms with Gasteiger partial charge >= 0.3 is 6.03 Å². The maximum Gasteiger partial charge on any atom is 0.321 e. The molecule has 16 aromatic rings. The Morgan fingerprint density at radius 2 is 0.681 bits per heavy atom. The third-order valence-corrected chi connectivity index (χ3v) is 21.8. The Hall–Kier alpha value is -15.6. The number of hydrogen-bond donors (Lipinski definition) is 11. The number of fused-ring (bicyclic) bond motifs is 4. The number of urea groups is 1. The minimum atomic E-state index is -0.296. The average Bonchev–Trinajstić information content (AvgIpc) is 1.67. The van der Waals surface area contributed by atoms with Gasteiger partial charge in [-0.15, -0.1) is 0 Å². The maximum atomic E-state index is 13.1. The van der Waals surface area contributed by atoms with E-state index in [9.17, 15) is 28.8 Å². The Morgan fingerprint density at radius 1 is 0.356 bits per heavy atom. The van der Waals surface area contributed by atoms with Crippen LogP contribution in [0, 0.1) is 5.92 Å². The number of H-pyrrole nitrogens is 4. The first-order chi connectivity index (χ1) is 65.2. The number of amides is 7. The molecule has 0 atom stereocenters. The van der Waals surface area contributed by atoms with Crippen LogP contribution in [0.2, 0.25) is 0 Å². The smallest absolute Gasteiger partial charge is 0.321 e. The van der Waals surface area contributed by atoms with E-state index in [4.69, 9.17) is 10.5 Å². The van der Waals surface area contributed by atoms with Gasteiger partial charge in [-0.05, 0) is 274 Å². The van der Waals surface area contributed by atoms with Crippen LogP contribution in [0.25, 0.3) is 88.1 Å². The number of ether oxygens (including phenoxy) is 1. The summed E-state index contributed by atoms with van der Waals surface area (Å²) in [6.07, 6.45) is 17.0. The van der Waals surface area contributed by atoms with Gasteiger partial charge in [0.2, 0.25) is 5.91 Å². The quantitative estimate of drug-likeness (QED) is 0.0228. The lowest BCUT2D eigenvalue weighted by atomic mass is 10.0. The molecule has 1 aliphatic carbocycles. The van der Waals surface area contributed by atoms with Crippen LogP contribution in [0.3, 0.4) is 0 Å². The molecule has 135 heavy (non-hydrogen) atoms. The summed E-state index contributed by atoms with van der Waals surface area (Å²) in [4.78, 5) is 105. The lowest BCUT2D eigenvalue weighted by molar-refractivity contribution is -0.117. The molecule has 0 bridgehead atoms. The van der Waals surface area contributed by atoms with Crippen molar-refractivity contribution in [1.82, 2.24) is 90.1 Å². The normalized spacial score (nSPS) is 12.2. The molecule has 0 unspecified atom stereocenters. The molecule has 32 heteroatoms. The lowest BCUT2D eigenvalue weighted by Gasteiger charge is -2.30. The molecular weight excluding hydrogens is 1700 g/mol. The van der Waals surface area contributed by atoms with Gasteiger partial charge in [0.05, 0.1) is 51.5 Å². The monoisotopic (exact) mass is 1810 g/mol. The highest BCUT2D eigenvalue weighted by Gasteiger charge is 2.30. The zero-order valence-corrected chi connectivity index (χ0v) is 77.9.